The molecule has 3 heterocycles. The summed E-state index contributed by atoms with van der Waals surface area (Å²) in [5.41, 5.74) is 7.18. The Morgan fingerprint density at radius 3 is 2.69 bits per heavy atom. The number of imidazole rings is 1. The molecule has 0 amide bonds. The van der Waals surface area contributed by atoms with Crippen LogP contribution in [-0.4, -0.2) is 39.7 Å². The van der Waals surface area contributed by atoms with Crippen LogP contribution in [0.1, 0.15) is 58.6 Å². The Balaban J connectivity index is 1.29. The lowest BCUT2D eigenvalue weighted by atomic mass is 9.88. The second-order valence-electron chi connectivity index (χ2n) is 8.81. The maximum absolute atomic E-state index is 11.1. The normalized spacial score (nSPS) is 18.2. The first-order valence-corrected chi connectivity index (χ1v) is 11.3. The van der Waals surface area contributed by atoms with Crippen LogP contribution in [0.15, 0.2) is 42.5 Å². The van der Waals surface area contributed by atoms with Crippen molar-refractivity contribution in [1.29, 1.82) is 5.26 Å². The molecule has 1 atom stereocenters. The molecule has 0 bridgehead atoms. The van der Waals surface area contributed by atoms with Gasteiger partial charge in [-0.3, -0.25) is 4.90 Å². The minimum Gasteiger partial charge on any atom is -0.375 e. The van der Waals surface area contributed by atoms with Crippen molar-refractivity contribution in [3.05, 3.63) is 76.1 Å². The summed E-state index contributed by atoms with van der Waals surface area (Å²) in [6.45, 7) is 5.04. The van der Waals surface area contributed by atoms with E-state index in [1.807, 2.05) is 18.2 Å². The monoisotopic (exact) mass is 428 g/mol. The number of H-pyrrole nitrogens is 1. The maximum Gasteiger partial charge on any atom is 0.138 e. The van der Waals surface area contributed by atoms with E-state index in [9.17, 15) is 5.11 Å². The fraction of sp³-hybridized carbons (Fsp3) is 0.385. The maximum atomic E-state index is 11.1. The van der Waals surface area contributed by atoms with Gasteiger partial charge in [0, 0.05) is 25.1 Å². The Morgan fingerprint density at radius 1 is 1.19 bits per heavy atom. The lowest BCUT2D eigenvalue weighted by molar-refractivity contribution is -0.0131. The number of aromatic nitrogens is 2. The van der Waals surface area contributed by atoms with Crippen LogP contribution in [0.3, 0.4) is 0 Å². The van der Waals surface area contributed by atoms with E-state index < -0.39 is 6.23 Å². The molecule has 164 valence electrons. The van der Waals surface area contributed by atoms with Gasteiger partial charge in [0.15, 0.2) is 0 Å². The summed E-state index contributed by atoms with van der Waals surface area (Å²) in [4.78, 5) is 10.4. The molecular weight excluding hydrogens is 400 g/mol. The third-order valence-corrected chi connectivity index (χ3v) is 6.80. The molecule has 6 nitrogen and oxygen atoms in total. The number of ether oxygens (including phenoxy) is 1. The highest BCUT2D eigenvalue weighted by atomic mass is 16.5. The first-order valence-electron chi connectivity index (χ1n) is 11.3. The van der Waals surface area contributed by atoms with Crippen molar-refractivity contribution < 1.29 is 9.84 Å². The van der Waals surface area contributed by atoms with Crippen molar-refractivity contribution in [2.75, 3.05) is 19.7 Å². The van der Waals surface area contributed by atoms with Gasteiger partial charge in [0.25, 0.3) is 0 Å². The third-order valence-electron chi connectivity index (χ3n) is 6.80. The van der Waals surface area contributed by atoms with Crippen molar-refractivity contribution >= 4 is 0 Å². The Bertz CT molecular complexity index is 1110. The zero-order valence-electron chi connectivity index (χ0n) is 18.3. The molecule has 0 radical (unpaired) electrons. The van der Waals surface area contributed by atoms with Crippen LogP contribution in [0.5, 0.6) is 0 Å². The second kappa shape index (κ2) is 8.87. The van der Waals surface area contributed by atoms with Crippen molar-refractivity contribution in [3.63, 3.8) is 0 Å². The average Bonchev–Trinajstić information content (AvgIpc) is 3.28. The Morgan fingerprint density at radius 2 is 1.97 bits per heavy atom. The number of nitrogens with one attached hydrogen (secondary N) is 1. The highest BCUT2D eigenvalue weighted by molar-refractivity contribution is 5.62. The molecular formula is C26H28N4O2. The number of nitrogens with zero attached hydrogens (tertiary/aromatic N) is 3. The van der Waals surface area contributed by atoms with Gasteiger partial charge in [-0.2, -0.15) is 5.26 Å². The predicted molar refractivity (Wildman–Crippen MR) is 122 cm³/mol. The molecule has 3 aromatic rings. The molecule has 0 spiro atoms. The molecule has 1 fully saturated rings. The first-order chi connectivity index (χ1) is 15.6. The van der Waals surface area contributed by atoms with Crippen LogP contribution in [-0.2, 0) is 17.8 Å². The zero-order chi connectivity index (χ0) is 22.1. The number of hydrogen-bond donors (Lipinski definition) is 2. The number of aliphatic hydroxyl groups is 1. The number of hydrogen-bond acceptors (Lipinski definition) is 5. The van der Waals surface area contributed by atoms with Crippen LogP contribution < -0.4 is 0 Å². The van der Waals surface area contributed by atoms with E-state index in [0.29, 0.717) is 24.7 Å². The number of rotatable bonds is 4. The summed E-state index contributed by atoms with van der Waals surface area (Å²) in [6, 6.07) is 16.2. The van der Waals surface area contributed by atoms with E-state index >= 15 is 0 Å². The van der Waals surface area contributed by atoms with Crippen LogP contribution in [0, 0.1) is 18.3 Å². The number of aliphatic hydroxyl groups excluding tert-OH is 1. The van der Waals surface area contributed by atoms with Gasteiger partial charge in [0.2, 0.25) is 0 Å². The van der Waals surface area contributed by atoms with Crippen LogP contribution in [0.4, 0.5) is 0 Å². The topological polar surface area (TPSA) is 85.2 Å². The molecule has 5 rings (SSSR count). The molecule has 1 saturated heterocycles. The van der Waals surface area contributed by atoms with Gasteiger partial charge < -0.3 is 14.8 Å². The fourth-order valence-corrected chi connectivity index (χ4v) is 4.82. The Labute approximate surface area is 188 Å². The van der Waals surface area contributed by atoms with Gasteiger partial charge >= 0.3 is 0 Å². The summed E-state index contributed by atoms with van der Waals surface area (Å²) in [5, 5.41) is 20.1. The molecule has 2 aromatic carbocycles. The molecule has 1 aromatic heterocycles. The number of aryl methyl sites for hydroxylation is 1. The lowest BCUT2D eigenvalue weighted by Crippen LogP contribution is -2.36. The molecule has 0 aliphatic carbocycles. The van der Waals surface area contributed by atoms with Gasteiger partial charge in [-0.25, -0.2) is 4.98 Å². The van der Waals surface area contributed by atoms with E-state index in [0.717, 1.165) is 66.3 Å². The predicted octanol–water partition coefficient (Wildman–Crippen LogP) is 4.20. The van der Waals surface area contributed by atoms with Crippen LogP contribution in [0.2, 0.25) is 0 Å². The quantitative estimate of drug-likeness (QED) is 0.651. The fourth-order valence-electron chi connectivity index (χ4n) is 4.82. The molecule has 1 unspecified atom stereocenters. The number of nitriles is 1. The van der Waals surface area contributed by atoms with Crippen molar-refractivity contribution in [1.82, 2.24) is 14.9 Å². The van der Waals surface area contributed by atoms with E-state index in [4.69, 9.17) is 15.0 Å². The highest BCUT2D eigenvalue weighted by Gasteiger charge is 2.26. The minimum absolute atomic E-state index is 0.469. The number of aromatic amines is 1. The number of likely N-dealkylation sites (tertiary alicyclic amines) is 1. The average molecular weight is 429 g/mol. The van der Waals surface area contributed by atoms with Gasteiger partial charge in [0.05, 0.1) is 36.2 Å². The number of piperidine rings is 1. The molecule has 6 heteroatoms. The standard InChI is InChI=1S/C26H28N4O2/c1-17-2-5-21(14-22(17)25-28-23-10-13-32-16-24(23)29-25)26(31)30-11-8-20(9-12-30)19-6-3-18(15-27)4-7-19/h2-7,14,20,26,31H,8-13,16H2,1H3,(H,28,29). The van der Waals surface area contributed by atoms with E-state index in [1.165, 1.54) is 5.56 Å². The summed E-state index contributed by atoms with van der Waals surface area (Å²) >= 11 is 0. The third kappa shape index (κ3) is 4.07. The van der Waals surface area contributed by atoms with Crippen molar-refractivity contribution in [2.45, 2.75) is 44.9 Å². The van der Waals surface area contributed by atoms with Crippen molar-refractivity contribution in [3.8, 4) is 17.5 Å². The second-order valence-corrected chi connectivity index (χ2v) is 8.81. The lowest BCUT2D eigenvalue weighted by Gasteiger charge is -2.35. The number of benzene rings is 2. The summed E-state index contributed by atoms with van der Waals surface area (Å²) in [5.74, 6) is 1.32. The van der Waals surface area contributed by atoms with Gasteiger partial charge in [-0.05, 0) is 60.6 Å². The smallest absolute Gasteiger partial charge is 0.138 e. The zero-order valence-corrected chi connectivity index (χ0v) is 18.3. The number of fused-ring (bicyclic) bond motifs is 1. The first kappa shape index (κ1) is 20.9. The minimum atomic E-state index is -0.635. The summed E-state index contributed by atoms with van der Waals surface area (Å²) in [6.07, 6.45) is 2.18. The van der Waals surface area contributed by atoms with Gasteiger partial charge in [-0.15, -0.1) is 0 Å². The molecule has 2 aliphatic rings. The van der Waals surface area contributed by atoms with Crippen LogP contribution in [0.25, 0.3) is 11.4 Å². The Hall–Kier alpha value is -2.98. The molecule has 2 aliphatic heterocycles. The molecule has 32 heavy (non-hydrogen) atoms. The van der Waals surface area contributed by atoms with Crippen LogP contribution >= 0.6 is 0 Å². The molecule has 2 N–H and O–H groups in total. The van der Waals surface area contributed by atoms with E-state index in [2.05, 4.69) is 47.1 Å². The Kier molecular flexibility index (Phi) is 5.79. The SMILES string of the molecule is Cc1ccc(C(O)N2CCC(c3ccc(C#N)cc3)CC2)cc1-c1nc2c([nH]1)COCC2. The highest BCUT2D eigenvalue weighted by Crippen LogP contribution is 2.33. The van der Waals surface area contributed by atoms with E-state index in [-0.39, 0.29) is 0 Å². The largest absolute Gasteiger partial charge is 0.375 e. The molecule has 0 saturated carbocycles. The van der Waals surface area contributed by atoms with Gasteiger partial charge in [0.1, 0.15) is 12.1 Å². The van der Waals surface area contributed by atoms with Gasteiger partial charge in [-0.1, -0.05) is 24.3 Å². The van der Waals surface area contributed by atoms with E-state index in [1.54, 1.807) is 0 Å². The summed E-state index contributed by atoms with van der Waals surface area (Å²) < 4.78 is 5.54. The summed E-state index contributed by atoms with van der Waals surface area (Å²) in [7, 11) is 0. The van der Waals surface area contributed by atoms with Crippen molar-refractivity contribution in [2.24, 2.45) is 0 Å².